The molecular weight excluding hydrogens is 306 g/mol. The van der Waals surface area contributed by atoms with Crippen LogP contribution in [-0.4, -0.2) is 37.4 Å². The lowest BCUT2D eigenvalue weighted by atomic mass is 10.1. The Bertz CT molecular complexity index is 709. The molecule has 0 unspecified atom stereocenters. The molecule has 1 aliphatic rings. The summed E-state index contributed by atoms with van der Waals surface area (Å²) in [6.45, 7) is 9.70. The molecule has 3 nitrogen and oxygen atoms in total. The van der Waals surface area contributed by atoms with Gasteiger partial charge in [-0.15, -0.1) is 0 Å². The molecule has 0 saturated carbocycles. The largest absolute Gasteiger partial charge is 0.328 e. The highest BCUT2D eigenvalue weighted by molar-refractivity contribution is 5.84. The summed E-state index contributed by atoms with van der Waals surface area (Å²) >= 11 is 0. The molecule has 3 rings (SSSR count). The van der Waals surface area contributed by atoms with Gasteiger partial charge < -0.3 is 4.90 Å². The van der Waals surface area contributed by atoms with Gasteiger partial charge >= 0.3 is 0 Å². The first-order valence-electron chi connectivity index (χ1n) is 9.10. The summed E-state index contributed by atoms with van der Waals surface area (Å²) in [6, 6.07) is 19.3. The van der Waals surface area contributed by atoms with Gasteiger partial charge in [0.05, 0.1) is 26.2 Å². The van der Waals surface area contributed by atoms with Gasteiger partial charge in [-0.3, -0.25) is 5.01 Å². The second-order valence-corrected chi connectivity index (χ2v) is 6.91. The number of hydrogen-bond donors (Lipinski definition) is 1. The van der Waals surface area contributed by atoms with Crippen LogP contribution < -0.4 is 4.90 Å². The van der Waals surface area contributed by atoms with E-state index in [1.54, 1.807) is 4.90 Å². The van der Waals surface area contributed by atoms with Crippen LogP contribution in [0.1, 0.15) is 23.6 Å². The number of nitrogens with one attached hydrogen (secondary N) is 1. The number of hydrazone groups is 1. The van der Waals surface area contributed by atoms with Crippen molar-refractivity contribution in [2.24, 2.45) is 5.10 Å². The highest BCUT2D eigenvalue weighted by Gasteiger charge is 2.18. The molecule has 0 bridgehead atoms. The molecule has 1 heterocycles. The third-order valence-corrected chi connectivity index (χ3v) is 4.64. The molecule has 1 fully saturated rings. The topological polar surface area (TPSA) is 20.0 Å². The minimum atomic E-state index is 1.02. The van der Waals surface area contributed by atoms with Crippen molar-refractivity contribution < 1.29 is 4.90 Å². The quantitative estimate of drug-likeness (QED) is 0.834. The lowest BCUT2D eigenvalue weighted by Gasteiger charge is -2.30. The Morgan fingerprint density at radius 2 is 1.72 bits per heavy atom. The maximum atomic E-state index is 4.66. The maximum Gasteiger partial charge on any atom is 0.103 e. The summed E-state index contributed by atoms with van der Waals surface area (Å²) in [6.07, 6.45) is 4.15. The molecule has 1 N–H and O–H groups in total. The van der Waals surface area contributed by atoms with Crippen molar-refractivity contribution >= 4 is 12.3 Å². The molecule has 0 radical (unpaired) electrons. The van der Waals surface area contributed by atoms with E-state index in [2.05, 4.69) is 78.6 Å². The van der Waals surface area contributed by atoms with Crippen LogP contribution in [0.5, 0.6) is 0 Å². The summed E-state index contributed by atoms with van der Waals surface area (Å²) in [5.74, 6) is 0. The molecule has 0 atom stereocenters. The Hall–Kier alpha value is -2.39. The van der Waals surface area contributed by atoms with Crippen LogP contribution in [0, 0.1) is 6.92 Å². The average Bonchev–Trinajstić information content (AvgIpc) is 2.64. The normalized spacial score (nSPS) is 16.6. The lowest BCUT2D eigenvalue weighted by molar-refractivity contribution is -0.918. The van der Waals surface area contributed by atoms with Crippen LogP contribution in [0.15, 0.2) is 65.3 Å². The zero-order valence-electron chi connectivity index (χ0n) is 15.3. The Kier molecular flexibility index (Phi) is 6.02. The van der Waals surface area contributed by atoms with Gasteiger partial charge in [-0.05, 0) is 25.0 Å². The van der Waals surface area contributed by atoms with Gasteiger partial charge in [-0.1, -0.05) is 66.2 Å². The van der Waals surface area contributed by atoms with Gasteiger partial charge in [0.2, 0.25) is 0 Å². The molecule has 25 heavy (non-hydrogen) atoms. The first-order valence-corrected chi connectivity index (χ1v) is 9.10. The van der Waals surface area contributed by atoms with Gasteiger partial charge in [0.15, 0.2) is 0 Å². The smallest absolute Gasteiger partial charge is 0.103 e. The number of aryl methyl sites for hydroxylation is 1. The van der Waals surface area contributed by atoms with Crippen molar-refractivity contribution in [2.45, 2.75) is 20.4 Å². The lowest BCUT2D eigenvalue weighted by Crippen LogP contribution is -3.13. The minimum Gasteiger partial charge on any atom is -0.328 e. The second kappa shape index (κ2) is 8.63. The van der Waals surface area contributed by atoms with Crippen LogP contribution >= 0.6 is 0 Å². The monoisotopic (exact) mass is 334 g/mol. The Balaban J connectivity index is 1.47. The first kappa shape index (κ1) is 17.4. The molecule has 2 aromatic rings. The van der Waals surface area contributed by atoms with Gasteiger partial charge in [-0.25, -0.2) is 0 Å². The van der Waals surface area contributed by atoms with Crippen LogP contribution in [0.25, 0.3) is 6.08 Å². The summed E-state index contributed by atoms with van der Waals surface area (Å²) in [4.78, 5) is 1.65. The predicted molar refractivity (Wildman–Crippen MR) is 106 cm³/mol. The zero-order chi connectivity index (χ0) is 17.5. The van der Waals surface area contributed by atoms with E-state index in [9.17, 15) is 0 Å². The van der Waals surface area contributed by atoms with Gasteiger partial charge in [-0.2, -0.15) is 5.10 Å². The number of benzene rings is 2. The highest BCUT2D eigenvalue weighted by Crippen LogP contribution is 2.05. The standard InChI is InChI=1S/C22H27N3/c1-19-8-10-22(11-9-19)18-24-12-14-25(15-13-24)23-17-20(2)16-21-6-4-3-5-7-21/h3-11,16-17H,12-15,18H2,1-2H3/p+1/b20-16+,23-17-. The summed E-state index contributed by atoms with van der Waals surface area (Å²) < 4.78 is 0. The molecule has 130 valence electrons. The first-order chi connectivity index (χ1) is 12.2. The van der Waals surface area contributed by atoms with Gasteiger partial charge in [0, 0.05) is 11.8 Å². The third kappa shape index (κ3) is 5.57. The summed E-state index contributed by atoms with van der Waals surface area (Å²) in [5, 5.41) is 6.85. The highest BCUT2D eigenvalue weighted by atomic mass is 15.5. The molecule has 1 saturated heterocycles. The minimum absolute atomic E-state index is 1.02. The number of nitrogens with zero attached hydrogens (tertiary/aromatic N) is 2. The molecule has 0 spiro atoms. The Morgan fingerprint density at radius 1 is 1.04 bits per heavy atom. The van der Waals surface area contributed by atoms with E-state index in [0.717, 1.165) is 32.7 Å². The maximum absolute atomic E-state index is 4.66. The van der Waals surface area contributed by atoms with Crippen molar-refractivity contribution in [2.75, 3.05) is 26.2 Å². The number of rotatable bonds is 5. The number of allylic oxidation sites excluding steroid dienone is 1. The van der Waals surface area contributed by atoms with Crippen molar-refractivity contribution in [1.82, 2.24) is 5.01 Å². The molecular formula is C22H28N3+. The summed E-state index contributed by atoms with van der Waals surface area (Å²) in [5.41, 5.74) is 5.16. The van der Waals surface area contributed by atoms with E-state index in [-0.39, 0.29) is 0 Å². The predicted octanol–water partition coefficient (Wildman–Crippen LogP) is 2.78. The fourth-order valence-electron chi connectivity index (χ4n) is 3.12. The number of hydrogen-bond acceptors (Lipinski definition) is 2. The van der Waals surface area contributed by atoms with Gasteiger partial charge in [0.1, 0.15) is 6.54 Å². The van der Waals surface area contributed by atoms with E-state index in [1.807, 2.05) is 12.3 Å². The van der Waals surface area contributed by atoms with E-state index in [1.165, 1.54) is 22.3 Å². The van der Waals surface area contributed by atoms with Crippen LogP contribution in [0.2, 0.25) is 0 Å². The van der Waals surface area contributed by atoms with Crippen LogP contribution in [-0.2, 0) is 6.54 Å². The Labute approximate surface area is 151 Å². The molecule has 2 aromatic carbocycles. The fourth-order valence-corrected chi connectivity index (χ4v) is 3.12. The molecule has 1 aliphatic heterocycles. The molecule has 0 aliphatic carbocycles. The van der Waals surface area contributed by atoms with Crippen LogP contribution in [0.3, 0.4) is 0 Å². The van der Waals surface area contributed by atoms with Crippen molar-refractivity contribution in [1.29, 1.82) is 0 Å². The SMILES string of the molecule is CC(/C=N\N1CC[NH+](Cc2ccc(C)cc2)CC1)=C\c1ccccc1. The fraction of sp³-hybridized carbons (Fsp3) is 0.318. The van der Waals surface area contributed by atoms with E-state index in [4.69, 9.17) is 0 Å². The van der Waals surface area contributed by atoms with Crippen LogP contribution in [0.4, 0.5) is 0 Å². The van der Waals surface area contributed by atoms with Crippen molar-refractivity contribution in [3.8, 4) is 0 Å². The molecule has 0 aromatic heterocycles. The second-order valence-electron chi connectivity index (χ2n) is 6.91. The average molecular weight is 334 g/mol. The third-order valence-electron chi connectivity index (χ3n) is 4.64. The van der Waals surface area contributed by atoms with E-state index < -0.39 is 0 Å². The zero-order valence-corrected chi connectivity index (χ0v) is 15.3. The summed E-state index contributed by atoms with van der Waals surface area (Å²) in [7, 11) is 0. The van der Waals surface area contributed by atoms with E-state index in [0.29, 0.717) is 0 Å². The molecule has 3 heteroatoms. The molecule has 0 amide bonds. The van der Waals surface area contributed by atoms with Gasteiger partial charge in [0.25, 0.3) is 0 Å². The number of piperazine rings is 1. The van der Waals surface area contributed by atoms with E-state index >= 15 is 0 Å². The Morgan fingerprint density at radius 3 is 2.40 bits per heavy atom. The van der Waals surface area contributed by atoms with Crippen molar-refractivity contribution in [3.63, 3.8) is 0 Å². The van der Waals surface area contributed by atoms with Crippen molar-refractivity contribution in [3.05, 3.63) is 76.9 Å². The number of quaternary nitrogens is 1.